The first-order valence-electron chi connectivity index (χ1n) is 7.49. The Bertz CT molecular complexity index is 444. The zero-order chi connectivity index (χ0) is 13.4. The van der Waals surface area contributed by atoms with Crippen LogP contribution in [0, 0.1) is 17.8 Å². The number of hydrogen-bond donors (Lipinski definition) is 0. The highest BCUT2D eigenvalue weighted by molar-refractivity contribution is 5.79. The van der Waals surface area contributed by atoms with Crippen LogP contribution in [0.4, 0.5) is 0 Å². The number of carbonyl (C=O) groups is 1. The topological polar surface area (TPSA) is 20.3 Å². The van der Waals surface area contributed by atoms with Gasteiger partial charge in [-0.3, -0.25) is 4.79 Å². The maximum absolute atomic E-state index is 12.7. The Morgan fingerprint density at radius 2 is 1.79 bits per heavy atom. The number of amides is 1. The molecule has 2 saturated carbocycles. The van der Waals surface area contributed by atoms with Gasteiger partial charge in [-0.2, -0.15) is 0 Å². The summed E-state index contributed by atoms with van der Waals surface area (Å²) in [4.78, 5) is 14.7. The van der Waals surface area contributed by atoms with Crippen molar-refractivity contribution >= 4 is 5.91 Å². The Morgan fingerprint density at radius 1 is 1.16 bits per heavy atom. The van der Waals surface area contributed by atoms with Gasteiger partial charge in [-0.1, -0.05) is 30.3 Å². The third kappa shape index (κ3) is 2.68. The molecule has 102 valence electrons. The van der Waals surface area contributed by atoms with Crippen molar-refractivity contribution in [2.45, 2.75) is 45.7 Å². The molecule has 1 aromatic carbocycles. The molecule has 0 N–H and O–H groups in total. The van der Waals surface area contributed by atoms with E-state index in [1.807, 2.05) is 18.2 Å². The molecule has 0 bridgehead atoms. The molecule has 2 fully saturated rings. The lowest BCUT2D eigenvalue weighted by Crippen LogP contribution is -2.40. The summed E-state index contributed by atoms with van der Waals surface area (Å²) in [5.41, 5.74) is 1.23. The average molecular weight is 257 g/mol. The van der Waals surface area contributed by atoms with Gasteiger partial charge < -0.3 is 4.90 Å². The number of fused-ring (bicyclic) bond motifs is 1. The van der Waals surface area contributed by atoms with Crippen LogP contribution in [0.1, 0.15) is 38.7 Å². The fraction of sp³-hybridized carbons (Fsp3) is 0.588. The van der Waals surface area contributed by atoms with Crippen LogP contribution in [-0.2, 0) is 11.3 Å². The third-order valence-corrected chi connectivity index (χ3v) is 4.69. The van der Waals surface area contributed by atoms with Crippen LogP contribution in [0.5, 0.6) is 0 Å². The molecule has 0 heterocycles. The quantitative estimate of drug-likeness (QED) is 0.808. The molecule has 19 heavy (non-hydrogen) atoms. The van der Waals surface area contributed by atoms with Gasteiger partial charge in [0.25, 0.3) is 0 Å². The average Bonchev–Trinajstić information content (AvgIpc) is 3.02. The van der Waals surface area contributed by atoms with Crippen LogP contribution in [0.15, 0.2) is 30.3 Å². The Balaban J connectivity index is 1.68. The Morgan fingerprint density at radius 3 is 2.37 bits per heavy atom. The molecule has 1 aromatic rings. The predicted octanol–water partition coefficient (Wildman–Crippen LogP) is 3.47. The van der Waals surface area contributed by atoms with Gasteiger partial charge in [0.1, 0.15) is 0 Å². The lowest BCUT2D eigenvalue weighted by atomic mass is 10.0. The highest BCUT2D eigenvalue weighted by atomic mass is 16.2. The maximum atomic E-state index is 12.7. The second-order valence-corrected chi connectivity index (χ2v) is 6.47. The molecule has 2 nitrogen and oxygen atoms in total. The van der Waals surface area contributed by atoms with Crippen molar-refractivity contribution in [3.63, 3.8) is 0 Å². The van der Waals surface area contributed by atoms with Gasteiger partial charge in [0.15, 0.2) is 0 Å². The van der Waals surface area contributed by atoms with E-state index in [1.54, 1.807) is 0 Å². The van der Waals surface area contributed by atoms with Crippen LogP contribution in [-0.4, -0.2) is 16.8 Å². The fourth-order valence-electron chi connectivity index (χ4n) is 3.45. The van der Waals surface area contributed by atoms with Gasteiger partial charge in [-0.05, 0) is 50.5 Å². The van der Waals surface area contributed by atoms with Crippen LogP contribution in [0.3, 0.4) is 0 Å². The molecule has 2 atom stereocenters. The van der Waals surface area contributed by atoms with E-state index in [2.05, 4.69) is 30.9 Å². The van der Waals surface area contributed by atoms with Gasteiger partial charge in [0.2, 0.25) is 5.91 Å². The summed E-state index contributed by atoms with van der Waals surface area (Å²) in [5, 5.41) is 0. The minimum Gasteiger partial charge on any atom is -0.336 e. The van der Waals surface area contributed by atoms with Crippen LogP contribution >= 0.6 is 0 Å². The molecular formula is C17H23NO. The first-order chi connectivity index (χ1) is 9.15. The zero-order valence-electron chi connectivity index (χ0n) is 11.9. The Hall–Kier alpha value is -1.31. The summed E-state index contributed by atoms with van der Waals surface area (Å²) >= 11 is 0. The lowest BCUT2D eigenvalue weighted by molar-refractivity contribution is -0.138. The van der Waals surface area contributed by atoms with Crippen molar-refractivity contribution in [3.8, 4) is 0 Å². The van der Waals surface area contributed by atoms with E-state index in [4.69, 9.17) is 0 Å². The highest BCUT2D eigenvalue weighted by Crippen LogP contribution is 2.54. The van der Waals surface area contributed by atoms with Crippen LogP contribution in [0.25, 0.3) is 0 Å². The van der Waals surface area contributed by atoms with Gasteiger partial charge in [0, 0.05) is 18.5 Å². The Kier molecular flexibility index (Phi) is 3.34. The normalized spacial score (nSPS) is 28.3. The molecule has 3 rings (SSSR count). The summed E-state index contributed by atoms with van der Waals surface area (Å²) in [6.07, 6.45) is 3.66. The summed E-state index contributed by atoms with van der Waals surface area (Å²) in [6.45, 7) is 5.00. The smallest absolute Gasteiger partial charge is 0.226 e. The predicted molar refractivity (Wildman–Crippen MR) is 76.4 cm³/mol. The SMILES string of the molecule is CC(C)N(Cc1ccccc1)C(=O)C1CC2CC2C1. The van der Waals surface area contributed by atoms with Gasteiger partial charge in [0.05, 0.1) is 0 Å². The molecule has 1 amide bonds. The molecule has 0 aromatic heterocycles. The first kappa shape index (κ1) is 12.7. The van der Waals surface area contributed by atoms with E-state index in [0.29, 0.717) is 11.8 Å². The number of carbonyl (C=O) groups excluding carboxylic acids is 1. The first-order valence-corrected chi connectivity index (χ1v) is 7.49. The summed E-state index contributed by atoms with van der Waals surface area (Å²) in [6, 6.07) is 10.6. The van der Waals surface area contributed by atoms with Crippen LogP contribution < -0.4 is 0 Å². The van der Waals surface area contributed by atoms with Gasteiger partial charge >= 0.3 is 0 Å². The van der Waals surface area contributed by atoms with Crippen molar-refractivity contribution in [2.24, 2.45) is 17.8 Å². The lowest BCUT2D eigenvalue weighted by Gasteiger charge is -2.30. The monoisotopic (exact) mass is 257 g/mol. The fourth-order valence-corrected chi connectivity index (χ4v) is 3.45. The van der Waals surface area contributed by atoms with E-state index in [1.165, 1.54) is 12.0 Å². The van der Waals surface area contributed by atoms with Crippen molar-refractivity contribution in [1.82, 2.24) is 4.90 Å². The third-order valence-electron chi connectivity index (χ3n) is 4.69. The zero-order valence-corrected chi connectivity index (χ0v) is 11.9. The summed E-state index contributed by atoms with van der Waals surface area (Å²) < 4.78 is 0. The van der Waals surface area contributed by atoms with Crippen molar-refractivity contribution in [2.75, 3.05) is 0 Å². The number of nitrogens with zero attached hydrogens (tertiary/aromatic N) is 1. The molecule has 2 aliphatic rings. The second kappa shape index (κ2) is 4.99. The molecule has 2 unspecified atom stereocenters. The Labute approximate surface area is 115 Å². The minimum absolute atomic E-state index is 0.282. The van der Waals surface area contributed by atoms with Gasteiger partial charge in [-0.15, -0.1) is 0 Å². The maximum Gasteiger partial charge on any atom is 0.226 e. The number of benzene rings is 1. The molecule has 0 aliphatic heterocycles. The molecule has 2 heteroatoms. The number of rotatable bonds is 4. The molecule has 0 radical (unpaired) electrons. The summed E-state index contributed by atoms with van der Waals surface area (Å²) in [5.74, 6) is 2.43. The molecular weight excluding hydrogens is 234 g/mol. The molecule has 2 aliphatic carbocycles. The standard InChI is InChI=1S/C17H23NO/c1-12(2)18(11-13-6-4-3-5-7-13)17(19)16-9-14-8-15(14)10-16/h3-7,12,14-16H,8-11H2,1-2H3. The van der Waals surface area contributed by atoms with E-state index >= 15 is 0 Å². The second-order valence-electron chi connectivity index (χ2n) is 6.47. The van der Waals surface area contributed by atoms with Gasteiger partial charge in [-0.25, -0.2) is 0 Å². The van der Waals surface area contributed by atoms with Crippen molar-refractivity contribution in [3.05, 3.63) is 35.9 Å². The number of hydrogen-bond acceptors (Lipinski definition) is 1. The van der Waals surface area contributed by atoms with E-state index in [-0.39, 0.29) is 6.04 Å². The molecule has 0 spiro atoms. The summed E-state index contributed by atoms with van der Waals surface area (Å²) in [7, 11) is 0. The van der Waals surface area contributed by atoms with E-state index in [0.717, 1.165) is 31.2 Å². The largest absolute Gasteiger partial charge is 0.336 e. The van der Waals surface area contributed by atoms with E-state index in [9.17, 15) is 4.79 Å². The van der Waals surface area contributed by atoms with E-state index < -0.39 is 0 Å². The highest BCUT2D eigenvalue weighted by Gasteiger charge is 2.48. The van der Waals surface area contributed by atoms with Crippen molar-refractivity contribution < 1.29 is 4.79 Å². The van der Waals surface area contributed by atoms with Crippen molar-refractivity contribution in [1.29, 1.82) is 0 Å². The minimum atomic E-state index is 0.282. The molecule has 0 saturated heterocycles. The van der Waals surface area contributed by atoms with Crippen LogP contribution in [0.2, 0.25) is 0 Å².